The van der Waals surface area contributed by atoms with Crippen molar-refractivity contribution >= 4 is 17.4 Å². The van der Waals surface area contributed by atoms with Gasteiger partial charge in [-0.25, -0.2) is 4.79 Å². The maximum atomic E-state index is 11.8. The number of hydrogen-bond acceptors (Lipinski definition) is 2. The number of anilines is 2. The molecule has 1 aliphatic carbocycles. The summed E-state index contributed by atoms with van der Waals surface area (Å²) in [7, 11) is 0. The van der Waals surface area contributed by atoms with E-state index in [4.69, 9.17) is 5.73 Å². The fraction of sp³-hybridized carbons (Fsp3) is 0.500. The van der Waals surface area contributed by atoms with E-state index in [9.17, 15) is 4.79 Å². The summed E-state index contributed by atoms with van der Waals surface area (Å²) >= 11 is 0. The van der Waals surface area contributed by atoms with Gasteiger partial charge in [-0.1, -0.05) is 19.4 Å². The van der Waals surface area contributed by atoms with Crippen LogP contribution in [0, 0.1) is 5.41 Å². The first-order valence-electron chi connectivity index (χ1n) is 6.54. The molecule has 0 aliphatic heterocycles. The van der Waals surface area contributed by atoms with Crippen LogP contribution < -0.4 is 16.4 Å². The first kappa shape index (κ1) is 12.7. The van der Waals surface area contributed by atoms with Crippen molar-refractivity contribution in [2.24, 2.45) is 5.41 Å². The molecule has 0 radical (unpaired) electrons. The van der Waals surface area contributed by atoms with E-state index in [1.807, 2.05) is 12.1 Å². The Morgan fingerprint density at radius 2 is 2.22 bits per heavy atom. The Bertz CT molecular complexity index is 421. The molecule has 98 valence electrons. The monoisotopic (exact) mass is 247 g/mol. The van der Waals surface area contributed by atoms with E-state index >= 15 is 0 Å². The van der Waals surface area contributed by atoms with Gasteiger partial charge < -0.3 is 16.4 Å². The number of carbonyl (C=O) groups is 1. The van der Waals surface area contributed by atoms with Gasteiger partial charge in [0, 0.05) is 17.9 Å². The molecule has 0 saturated heterocycles. The maximum absolute atomic E-state index is 11.8. The second kappa shape index (κ2) is 5.29. The summed E-state index contributed by atoms with van der Waals surface area (Å²) in [6, 6.07) is 7.04. The predicted molar refractivity (Wildman–Crippen MR) is 74.5 cm³/mol. The van der Waals surface area contributed by atoms with E-state index in [-0.39, 0.29) is 6.03 Å². The SMILES string of the molecule is CCC1(CNC(=O)Nc2cccc(N)c2)CCC1. The number of nitrogens with two attached hydrogens (primary N) is 1. The molecular formula is C14H21N3O. The predicted octanol–water partition coefficient (Wildman–Crippen LogP) is 2.97. The topological polar surface area (TPSA) is 67.2 Å². The Labute approximate surface area is 108 Å². The molecule has 18 heavy (non-hydrogen) atoms. The quantitative estimate of drug-likeness (QED) is 0.716. The Morgan fingerprint density at radius 1 is 1.44 bits per heavy atom. The van der Waals surface area contributed by atoms with E-state index in [0.717, 1.165) is 18.7 Å². The van der Waals surface area contributed by atoms with Gasteiger partial charge in [-0.2, -0.15) is 0 Å². The highest BCUT2D eigenvalue weighted by molar-refractivity contribution is 5.89. The maximum Gasteiger partial charge on any atom is 0.319 e. The van der Waals surface area contributed by atoms with Crippen molar-refractivity contribution in [2.45, 2.75) is 32.6 Å². The molecule has 2 rings (SSSR count). The summed E-state index contributed by atoms with van der Waals surface area (Å²) in [5, 5.41) is 5.75. The molecule has 4 nitrogen and oxygen atoms in total. The van der Waals surface area contributed by atoms with Gasteiger partial charge in [0.25, 0.3) is 0 Å². The summed E-state index contributed by atoms with van der Waals surface area (Å²) in [6.45, 7) is 2.95. The normalized spacial score (nSPS) is 16.7. The molecule has 1 aliphatic rings. The molecular weight excluding hydrogens is 226 g/mol. The number of amides is 2. The van der Waals surface area contributed by atoms with Crippen molar-refractivity contribution in [3.05, 3.63) is 24.3 Å². The first-order valence-corrected chi connectivity index (χ1v) is 6.54. The number of benzene rings is 1. The molecule has 0 bridgehead atoms. The summed E-state index contributed by atoms with van der Waals surface area (Å²) in [6.07, 6.45) is 4.86. The molecule has 1 fully saturated rings. The fourth-order valence-corrected chi connectivity index (χ4v) is 2.39. The number of rotatable bonds is 4. The van der Waals surface area contributed by atoms with Crippen molar-refractivity contribution in [1.82, 2.24) is 5.32 Å². The highest BCUT2D eigenvalue weighted by Gasteiger charge is 2.35. The van der Waals surface area contributed by atoms with Crippen molar-refractivity contribution in [1.29, 1.82) is 0 Å². The fourth-order valence-electron chi connectivity index (χ4n) is 2.39. The third kappa shape index (κ3) is 2.94. The first-order chi connectivity index (χ1) is 8.63. The van der Waals surface area contributed by atoms with Crippen LogP contribution in [0.5, 0.6) is 0 Å². The third-order valence-corrected chi connectivity index (χ3v) is 3.93. The van der Waals surface area contributed by atoms with Gasteiger partial charge in [-0.15, -0.1) is 0 Å². The smallest absolute Gasteiger partial charge is 0.319 e. The summed E-state index contributed by atoms with van der Waals surface area (Å²) in [5.41, 5.74) is 7.38. The van der Waals surface area contributed by atoms with E-state index in [2.05, 4.69) is 17.6 Å². The van der Waals surface area contributed by atoms with Crippen molar-refractivity contribution < 1.29 is 4.79 Å². The van der Waals surface area contributed by atoms with Gasteiger partial charge in [-0.05, 0) is 42.9 Å². The highest BCUT2D eigenvalue weighted by atomic mass is 16.2. The van der Waals surface area contributed by atoms with Gasteiger partial charge in [0.2, 0.25) is 0 Å². The minimum atomic E-state index is -0.152. The number of carbonyl (C=O) groups excluding carboxylic acids is 1. The molecule has 0 atom stereocenters. The molecule has 1 aromatic rings. The zero-order chi connectivity index (χ0) is 13.0. The van der Waals surface area contributed by atoms with Gasteiger partial charge >= 0.3 is 6.03 Å². The molecule has 1 saturated carbocycles. The Morgan fingerprint density at radius 3 is 2.78 bits per heavy atom. The van der Waals surface area contributed by atoms with E-state index in [1.165, 1.54) is 19.3 Å². The molecule has 0 heterocycles. The van der Waals surface area contributed by atoms with Crippen LogP contribution in [-0.4, -0.2) is 12.6 Å². The Balaban J connectivity index is 1.82. The van der Waals surface area contributed by atoms with Crippen molar-refractivity contribution in [2.75, 3.05) is 17.6 Å². The van der Waals surface area contributed by atoms with Crippen molar-refractivity contribution in [3.63, 3.8) is 0 Å². The zero-order valence-electron chi connectivity index (χ0n) is 10.8. The molecule has 4 heteroatoms. The Hall–Kier alpha value is -1.71. The second-order valence-electron chi connectivity index (χ2n) is 5.14. The highest BCUT2D eigenvalue weighted by Crippen LogP contribution is 2.42. The van der Waals surface area contributed by atoms with Crippen LogP contribution in [0.4, 0.5) is 16.2 Å². The number of hydrogen-bond donors (Lipinski definition) is 3. The number of nitrogens with one attached hydrogen (secondary N) is 2. The van der Waals surface area contributed by atoms with E-state index < -0.39 is 0 Å². The minimum Gasteiger partial charge on any atom is -0.399 e. The second-order valence-corrected chi connectivity index (χ2v) is 5.14. The van der Waals surface area contributed by atoms with Crippen molar-refractivity contribution in [3.8, 4) is 0 Å². The standard InChI is InChI=1S/C14H21N3O/c1-2-14(7-4-8-14)10-16-13(18)17-12-6-3-5-11(15)9-12/h3,5-6,9H,2,4,7-8,10,15H2,1H3,(H2,16,17,18). The molecule has 0 aromatic heterocycles. The lowest BCUT2D eigenvalue weighted by molar-refractivity contribution is 0.127. The van der Waals surface area contributed by atoms with Gasteiger partial charge in [-0.3, -0.25) is 0 Å². The van der Waals surface area contributed by atoms with Gasteiger partial charge in [0.05, 0.1) is 0 Å². The average molecular weight is 247 g/mol. The van der Waals surface area contributed by atoms with Crippen LogP contribution >= 0.6 is 0 Å². The lowest BCUT2D eigenvalue weighted by atomic mass is 9.67. The van der Waals surface area contributed by atoms with Crippen LogP contribution in [0.2, 0.25) is 0 Å². The van der Waals surface area contributed by atoms with Gasteiger partial charge in [0.15, 0.2) is 0 Å². The molecule has 0 spiro atoms. The van der Waals surface area contributed by atoms with Crippen LogP contribution in [0.25, 0.3) is 0 Å². The zero-order valence-corrected chi connectivity index (χ0v) is 10.8. The number of nitrogen functional groups attached to an aromatic ring is 1. The molecule has 2 amide bonds. The molecule has 4 N–H and O–H groups in total. The molecule has 0 unspecified atom stereocenters. The molecule has 1 aromatic carbocycles. The van der Waals surface area contributed by atoms with E-state index in [1.54, 1.807) is 12.1 Å². The minimum absolute atomic E-state index is 0.152. The largest absolute Gasteiger partial charge is 0.399 e. The van der Waals surface area contributed by atoms with Crippen LogP contribution in [-0.2, 0) is 0 Å². The van der Waals surface area contributed by atoms with E-state index in [0.29, 0.717) is 11.1 Å². The Kier molecular flexibility index (Phi) is 3.75. The summed E-state index contributed by atoms with van der Waals surface area (Å²) in [5.74, 6) is 0. The lowest BCUT2D eigenvalue weighted by Gasteiger charge is -2.41. The summed E-state index contributed by atoms with van der Waals surface area (Å²) < 4.78 is 0. The summed E-state index contributed by atoms with van der Waals surface area (Å²) in [4.78, 5) is 11.8. The van der Waals surface area contributed by atoms with Crippen LogP contribution in [0.15, 0.2) is 24.3 Å². The number of urea groups is 1. The third-order valence-electron chi connectivity index (χ3n) is 3.93. The van der Waals surface area contributed by atoms with Gasteiger partial charge in [0.1, 0.15) is 0 Å². The van der Waals surface area contributed by atoms with Crippen LogP contribution in [0.3, 0.4) is 0 Å². The average Bonchev–Trinajstić information content (AvgIpc) is 2.28. The van der Waals surface area contributed by atoms with Crippen LogP contribution in [0.1, 0.15) is 32.6 Å². The lowest BCUT2D eigenvalue weighted by Crippen LogP contribution is -2.43.